The van der Waals surface area contributed by atoms with Crippen LogP contribution in [0, 0.1) is 0 Å². The summed E-state index contributed by atoms with van der Waals surface area (Å²) in [5.74, 6) is -1.93. The van der Waals surface area contributed by atoms with Crippen molar-refractivity contribution in [3.8, 4) is 17.0 Å². The Labute approximate surface area is 168 Å². The molecule has 1 aliphatic carbocycles. The van der Waals surface area contributed by atoms with Crippen molar-refractivity contribution >= 4 is 16.9 Å². The highest BCUT2D eigenvalue weighted by Gasteiger charge is 2.29. The monoisotopic (exact) mass is 395 g/mol. The lowest BCUT2D eigenvalue weighted by molar-refractivity contribution is 0.0691. The van der Waals surface area contributed by atoms with Crippen LogP contribution in [-0.2, 0) is 20.0 Å². The van der Waals surface area contributed by atoms with Gasteiger partial charge in [0.15, 0.2) is 5.56 Å². The van der Waals surface area contributed by atoms with E-state index in [1.807, 2.05) is 40.2 Å². The molecule has 4 rings (SSSR count). The maximum atomic E-state index is 12.4. The highest BCUT2D eigenvalue weighted by Crippen LogP contribution is 2.43. The highest BCUT2D eigenvalue weighted by atomic mass is 16.4. The van der Waals surface area contributed by atoms with E-state index in [9.17, 15) is 19.8 Å². The molecule has 1 aromatic carbocycles. The number of nitrogens with one attached hydrogen (secondary N) is 1. The Hall–Kier alpha value is -3.06. The van der Waals surface area contributed by atoms with Crippen LogP contribution in [0.2, 0.25) is 0 Å². The van der Waals surface area contributed by atoms with E-state index in [-0.39, 0.29) is 5.92 Å². The van der Waals surface area contributed by atoms with Gasteiger partial charge in [-0.05, 0) is 50.6 Å². The van der Waals surface area contributed by atoms with Crippen LogP contribution < -0.4 is 5.56 Å². The molecule has 152 valence electrons. The quantitative estimate of drug-likeness (QED) is 0.633. The molecule has 0 amide bonds. The molecule has 0 saturated carbocycles. The number of nitrogens with zero attached hydrogens (tertiary/aromatic N) is 2. The standard InChI is InChI=1S/C22H25N3O4/c1-11-5-6-13-14(19-17(11)20(26)18(22(28)29)21(27)23-19)7-8-16-15(13)9-12(25(16)4)10-24(2)3/h7-9,11H,5-6,10H2,1-4H3,(H,28,29)(H2,23,26,27)/t11-/m1/s1. The van der Waals surface area contributed by atoms with E-state index in [0.717, 1.165) is 41.4 Å². The van der Waals surface area contributed by atoms with Gasteiger partial charge in [-0.15, -0.1) is 0 Å². The van der Waals surface area contributed by atoms with Crippen molar-refractivity contribution in [1.29, 1.82) is 0 Å². The van der Waals surface area contributed by atoms with E-state index in [1.165, 1.54) is 5.69 Å². The van der Waals surface area contributed by atoms with Crippen molar-refractivity contribution in [3.63, 3.8) is 0 Å². The zero-order chi connectivity index (χ0) is 21.0. The first-order valence-electron chi connectivity index (χ1n) is 9.68. The maximum Gasteiger partial charge on any atom is 0.345 e. The van der Waals surface area contributed by atoms with Gasteiger partial charge in [-0.1, -0.05) is 13.0 Å². The summed E-state index contributed by atoms with van der Waals surface area (Å²) in [7, 11) is 6.11. The number of fused-ring (bicyclic) bond motifs is 5. The number of hydrogen-bond acceptors (Lipinski definition) is 4. The van der Waals surface area contributed by atoms with Gasteiger partial charge in [-0.3, -0.25) is 4.79 Å². The number of aromatic hydroxyl groups is 1. The molecule has 0 radical (unpaired) electrons. The molecular formula is C22H25N3O4. The van der Waals surface area contributed by atoms with Gasteiger partial charge in [-0.2, -0.15) is 0 Å². The van der Waals surface area contributed by atoms with E-state index < -0.39 is 22.8 Å². The molecule has 2 heterocycles. The number of aromatic nitrogens is 2. The second-order valence-electron chi connectivity index (χ2n) is 8.17. The Morgan fingerprint density at radius 1 is 1.34 bits per heavy atom. The van der Waals surface area contributed by atoms with Crippen molar-refractivity contribution in [2.45, 2.75) is 32.2 Å². The van der Waals surface area contributed by atoms with Crippen LogP contribution in [0.25, 0.3) is 22.2 Å². The van der Waals surface area contributed by atoms with E-state index in [2.05, 4.69) is 20.5 Å². The SMILES string of the molecule is C[C@@H]1CCc2c(ccc3c2cc(CN(C)C)n3C)-c2[nH]c(=O)c(C(=O)O)c(O)c21. The summed E-state index contributed by atoms with van der Waals surface area (Å²) in [6, 6.07) is 6.17. The molecule has 0 bridgehead atoms. The smallest absolute Gasteiger partial charge is 0.345 e. The number of rotatable bonds is 3. The lowest BCUT2D eigenvalue weighted by atomic mass is 9.93. The highest BCUT2D eigenvalue weighted by molar-refractivity contribution is 5.95. The molecule has 2 aromatic heterocycles. The van der Waals surface area contributed by atoms with Crippen LogP contribution in [-0.4, -0.2) is 44.7 Å². The lowest BCUT2D eigenvalue weighted by Crippen LogP contribution is -2.20. The number of carbonyl (C=O) groups is 1. The summed E-state index contributed by atoms with van der Waals surface area (Å²) in [4.78, 5) is 28.8. The van der Waals surface area contributed by atoms with E-state index in [4.69, 9.17) is 0 Å². The molecule has 1 atom stereocenters. The second-order valence-corrected chi connectivity index (χ2v) is 8.17. The van der Waals surface area contributed by atoms with Gasteiger partial charge in [0.25, 0.3) is 5.56 Å². The third-order valence-corrected chi connectivity index (χ3v) is 5.95. The molecule has 1 aliphatic rings. The summed E-state index contributed by atoms with van der Waals surface area (Å²) >= 11 is 0. The number of pyridine rings is 1. The van der Waals surface area contributed by atoms with Crippen LogP contribution in [0.1, 0.15) is 46.4 Å². The van der Waals surface area contributed by atoms with Crippen molar-refractivity contribution in [3.05, 3.63) is 50.9 Å². The van der Waals surface area contributed by atoms with Crippen LogP contribution in [0.15, 0.2) is 23.0 Å². The van der Waals surface area contributed by atoms with E-state index in [0.29, 0.717) is 11.3 Å². The molecule has 0 aliphatic heterocycles. The number of H-pyrrole nitrogens is 1. The topological polar surface area (TPSA) is 98.6 Å². The molecule has 3 N–H and O–H groups in total. The zero-order valence-corrected chi connectivity index (χ0v) is 17.0. The first-order chi connectivity index (χ1) is 13.7. The fraction of sp³-hybridized carbons (Fsp3) is 0.364. The molecule has 7 nitrogen and oxygen atoms in total. The van der Waals surface area contributed by atoms with Gasteiger partial charge in [0.2, 0.25) is 0 Å². The van der Waals surface area contributed by atoms with E-state index in [1.54, 1.807) is 0 Å². The predicted molar refractivity (Wildman–Crippen MR) is 112 cm³/mol. The summed E-state index contributed by atoms with van der Waals surface area (Å²) in [5, 5.41) is 21.1. The molecule has 29 heavy (non-hydrogen) atoms. The van der Waals surface area contributed by atoms with Gasteiger partial charge >= 0.3 is 5.97 Å². The Morgan fingerprint density at radius 3 is 2.72 bits per heavy atom. The first kappa shape index (κ1) is 19.3. The molecule has 7 heteroatoms. The minimum absolute atomic E-state index is 0.0904. The molecular weight excluding hydrogens is 370 g/mol. The van der Waals surface area contributed by atoms with Crippen LogP contribution in [0.5, 0.6) is 5.75 Å². The summed E-state index contributed by atoms with van der Waals surface area (Å²) in [5.41, 5.74) is 3.93. The fourth-order valence-corrected chi connectivity index (χ4v) is 4.50. The third-order valence-electron chi connectivity index (χ3n) is 5.95. The number of hydrogen-bond donors (Lipinski definition) is 3. The Morgan fingerprint density at radius 2 is 2.07 bits per heavy atom. The second kappa shape index (κ2) is 6.77. The average Bonchev–Trinajstić information content (AvgIpc) is 2.85. The van der Waals surface area contributed by atoms with Gasteiger partial charge < -0.3 is 24.7 Å². The largest absolute Gasteiger partial charge is 0.506 e. The Balaban J connectivity index is 2.03. The summed E-state index contributed by atoms with van der Waals surface area (Å²) in [6.07, 6.45) is 1.52. The van der Waals surface area contributed by atoms with Gasteiger partial charge in [0, 0.05) is 41.3 Å². The third kappa shape index (κ3) is 2.93. The van der Waals surface area contributed by atoms with Crippen molar-refractivity contribution in [2.75, 3.05) is 14.1 Å². The van der Waals surface area contributed by atoms with Crippen LogP contribution >= 0.6 is 0 Å². The normalized spacial score (nSPS) is 16.0. The molecule has 0 saturated heterocycles. The molecule has 3 aromatic rings. The van der Waals surface area contributed by atoms with Crippen molar-refractivity contribution in [2.24, 2.45) is 7.05 Å². The van der Waals surface area contributed by atoms with Gasteiger partial charge in [0.1, 0.15) is 5.75 Å². The summed E-state index contributed by atoms with van der Waals surface area (Å²) < 4.78 is 2.18. The molecule has 0 fully saturated rings. The minimum Gasteiger partial charge on any atom is -0.506 e. The summed E-state index contributed by atoms with van der Waals surface area (Å²) in [6.45, 7) is 2.76. The predicted octanol–water partition coefficient (Wildman–Crippen LogP) is 3.05. The Kier molecular flexibility index (Phi) is 4.50. The number of aromatic carboxylic acids is 1. The Bertz CT molecular complexity index is 1200. The number of aromatic amines is 1. The maximum absolute atomic E-state index is 12.4. The number of benzene rings is 1. The molecule has 0 unspecified atom stereocenters. The zero-order valence-electron chi connectivity index (χ0n) is 17.0. The van der Waals surface area contributed by atoms with Crippen LogP contribution in [0.3, 0.4) is 0 Å². The van der Waals surface area contributed by atoms with Crippen LogP contribution in [0.4, 0.5) is 0 Å². The van der Waals surface area contributed by atoms with Crippen molar-refractivity contribution in [1.82, 2.24) is 14.5 Å². The average molecular weight is 395 g/mol. The minimum atomic E-state index is -1.42. The van der Waals surface area contributed by atoms with E-state index >= 15 is 0 Å². The fourth-order valence-electron chi connectivity index (χ4n) is 4.50. The number of carboxylic acid groups (broad SMARTS) is 1. The number of carboxylic acids is 1. The lowest BCUT2D eigenvalue weighted by Gasteiger charge is -2.16. The van der Waals surface area contributed by atoms with Gasteiger partial charge in [0.05, 0.1) is 5.69 Å². The molecule has 0 spiro atoms. The first-order valence-corrected chi connectivity index (χ1v) is 9.68. The number of aryl methyl sites for hydroxylation is 2. The van der Waals surface area contributed by atoms with Gasteiger partial charge in [-0.25, -0.2) is 4.79 Å². The van der Waals surface area contributed by atoms with Crippen molar-refractivity contribution < 1.29 is 15.0 Å².